The average Bonchev–Trinajstić information content (AvgIpc) is 2.72. The van der Waals surface area contributed by atoms with Crippen molar-refractivity contribution >= 4 is 0 Å². The monoisotopic (exact) mass is 426 g/mol. The topological polar surface area (TPSA) is 66.4 Å². The van der Waals surface area contributed by atoms with E-state index in [1.54, 1.807) is 27.7 Å². The predicted octanol–water partition coefficient (Wildman–Crippen LogP) is 5.41. The van der Waals surface area contributed by atoms with Gasteiger partial charge in [0, 0.05) is 13.2 Å². The minimum Gasteiger partial charge on any atom is -0.433 e. The first-order valence-electron chi connectivity index (χ1n) is 11.6. The van der Waals surface area contributed by atoms with Gasteiger partial charge in [0.25, 0.3) is 0 Å². The van der Waals surface area contributed by atoms with Gasteiger partial charge in [-0.15, -0.1) is 0 Å². The fourth-order valence-corrected chi connectivity index (χ4v) is 3.39. The van der Waals surface area contributed by atoms with Gasteiger partial charge in [0.1, 0.15) is 5.75 Å². The number of ether oxygens (including phenoxy) is 5. The smallest absolute Gasteiger partial charge is 0.414 e. The van der Waals surface area contributed by atoms with Crippen LogP contribution in [0.15, 0.2) is 24.3 Å². The summed E-state index contributed by atoms with van der Waals surface area (Å²) in [6.07, 6.45) is 8.18. The van der Waals surface area contributed by atoms with Gasteiger partial charge in [-0.1, -0.05) is 57.2 Å². The lowest BCUT2D eigenvalue weighted by Gasteiger charge is -2.42. The van der Waals surface area contributed by atoms with Crippen LogP contribution in [0, 0.1) is 0 Å². The van der Waals surface area contributed by atoms with Crippen LogP contribution in [0.25, 0.3) is 0 Å². The normalized spacial score (nSPS) is 12.3. The number of rotatable bonds is 18. The Morgan fingerprint density at radius 1 is 0.700 bits per heavy atom. The van der Waals surface area contributed by atoms with E-state index in [1.165, 1.54) is 32.1 Å². The molecular formula is C24H42O6. The van der Waals surface area contributed by atoms with E-state index in [-0.39, 0.29) is 26.4 Å². The molecule has 0 saturated carbocycles. The zero-order valence-corrected chi connectivity index (χ0v) is 19.6. The zero-order valence-electron chi connectivity index (χ0n) is 19.6. The maximum Gasteiger partial charge on any atom is 0.414 e. The summed E-state index contributed by atoms with van der Waals surface area (Å²) in [5, 5.41) is 11.2. The molecule has 0 aliphatic rings. The number of hydrogen-bond donors (Lipinski definition) is 1. The van der Waals surface area contributed by atoms with Crippen LogP contribution in [0.4, 0.5) is 0 Å². The van der Waals surface area contributed by atoms with Gasteiger partial charge in [-0.2, -0.15) is 0 Å². The van der Waals surface area contributed by atoms with E-state index in [1.807, 2.05) is 24.3 Å². The lowest BCUT2D eigenvalue weighted by Crippen LogP contribution is -2.64. The Balaban J connectivity index is 3.08. The van der Waals surface area contributed by atoms with E-state index in [0.717, 1.165) is 18.4 Å². The van der Waals surface area contributed by atoms with Crippen LogP contribution in [0.3, 0.4) is 0 Å². The Morgan fingerprint density at radius 2 is 1.23 bits per heavy atom. The molecule has 0 radical (unpaired) electrons. The number of aryl methyl sites for hydroxylation is 1. The lowest BCUT2D eigenvalue weighted by molar-refractivity contribution is -0.535. The minimum atomic E-state index is -2.21. The van der Waals surface area contributed by atoms with Gasteiger partial charge in [0.05, 0.1) is 13.2 Å². The van der Waals surface area contributed by atoms with Gasteiger partial charge in [-0.05, 0) is 52.2 Å². The third-order valence-electron chi connectivity index (χ3n) is 4.75. The highest BCUT2D eigenvalue weighted by atomic mass is 17.0. The summed E-state index contributed by atoms with van der Waals surface area (Å²) in [4.78, 5) is 0. The van der Waals surface area contributed by atoms with Crippen LogP contribution in [-0.4, -0.2) is 43.5 Å². The maximum absolute atomic E-state index is 11.2. The van der Waals surface area contributed by atoms with Crippen molar-refractivity contribution in [2.45, 2.75) is 91.5 Å². The van der Waals surface area contributed by atoms with E-state index in [2.05, 4.69) is 6.92 Å². The second kappa shape index (κ2) is 14.8. The van der Waals surface area contributed by atoms with E-state index in [0.29, 0.717) is 5.75 Å². The number of benzene rings is 1. The quantitative estimate of drug-likeness (QED) is 0.250. The van der Waals surface area contributed by atoms with Crippen molar-refractivity contribution < 1.29 is 28.8 Å². The third-order valence-corrected chi connectivity index (χ3v) is 4.75. The number of aliphatic hydroxyl groups is 1. The zero-order chi connectivity index (χ0) is 22.3. The van der Waals surface area contributed by atoms with Crippen molar-refractivity contribution in [1.82, 2.24) is 0 Å². The summed E-state index contributed by atoms with van der Waals surface area (Å²) >= 11 is 0. The van der Waals surface area contributed by atoms with Crippen LogP contribution in [0.1, 0.15) is 78.7 Å². The van der Waals surface area contributed by atoms with Crippen LogP contribution < -0.4 is 4.74 Å². The van der Waals surface area contributed by atoms with Crippen molar-refractivity contribution in [2.24, 2.45) is 0 Å². The molecule has 0 spiro atoms. The third kappa shape index (κ3) is 7.82. The highest BCUT2D eigenvalue weighted by molar-refractivity contribution is 5.33. The molecule has 1 rings (SSSR count). The molecule has 1 N–H and O–H groups in total. The first kappa shape index (κ1) is 26.9. The summed E-state index contributed by atoms with van der Waals surface area (Å²) in [6.45, 7) is 10.2. The standard InChI is InChI=1S/C24H42O6/c1-6-11-12-13-14-15-18-21-19-16-17-20-22(21)30-24(28-9-4,29-10-5)23(25,26-7-2)27-8-3/h16-17,19-20,25H,6-15,18H2,1-5H3. The van der Waals surface area contributed by atoms with E-state index < -0.39 is 11.9 Å². The summed E-state index contributed by atoms with van der Waals surface area (Å²) in [5.74, 6) is -3.57. The molecule has 0 fully saturated rings. The molecule has 1 aromatic rings. The summed E-state index contributed by atoms with van der Waals surface area (Å²) < 4.78 is 29.0. The van der Waals surface area contributed by atoms with E-state index in [4.69, 9.17) is 23.7 Å². The average molecular weight is 427 g/mol. The van der Waals surface area contributed by atoms with Crippen LogP contribution in [-0.2, 0) is 25.4 Å². The molecule has 0 aromatic heterocycles. The first-order valence-corrected chi connectivity index (χ1v) is 11.6. The summed E-state index contributed by atoms with van der Waals surface area (Å²) in [5.41, 5.74) is 1.03. The van der Waals surface area contributed by atoms with Crippen molar-refractivity contribution in [3.05, 3.63) is 29.8 Å². The molecule has 0 atom stereocenters. The van der Waals surface area contributed by atoms with Gasteiger partial charge in [-0.3, -0.25) is 0 Å². The predicted molar refractivity (Wildman–Crippen MR) is 118 cm³/mol. The van der Waals surface area contributed by atoms with Crippen molar-refractivity contribution in [2.75, 3.05) is 26.4 Å². The molecule has 30 heavy (non-hydrogen) atoms. The molecule has 174 valence electrons. The summed E-state index contributed by atoms with van der Waals surface area (Å²) in [6, 6.07) is 7.77. The lowest BCUT2D eigenvalue weighted by atomic mass is 10.0. The number of unbranched alkanes of at least 4 members (excludes halogenated alkanes) is 5. The minimum absolute atomic E-state index is 0.196. The molecule has 0 aliphatic carbocycles. The Bertz CT molecular complexity index is 550. The molecule has 0 amide bonds. The van der Waals surface area contributed by atoms with E-state index in [9.17, 15) is 5.11 Å². The molecule has 0 unspecified atom stereocenters. The van der Waals surface area contributed by atoms with Crippen molar-refractivity contribution in [3.63, 3.8) is 0 Å². The van der Waals surface area contributed by atoms with Gasteiger partial charge in [0.2, 0.25) is 0 Å². The van der Waals surface area contributed by atoms with E-state index >= 15 is 0 Å². The fraction of sp³-hybridized carbons (Fsp3) is 0.750. The Kier molecular flexibility index (Phi) is 13.2. The van der Waals surface area contributed by atoms with Crippen molar-refractivity contribution in [3.8, 4) is 5.75 Å². The first-order chi connectivity index (χ1) is 14.5. The van der Waals surface area contributed by atoms with Gasteiger partial charge in [0.15, 0.2) is 0 Å². The highest BCUT2D eigenvalue weighted by Gasteiger charge is 2.60. The molecule has 6 heteroatoms. The Morgan fingerprint density at radius 3 is 1.80 bits per heavy atom. The largest absolute Gasteiger partial charge is 0.433 e. The van der Waals surface area contributed by atoms with Gasteiger partial charge >= 0.3 is 11.9 Å². The SMILES string of the molecule is CCCCCCCCc1ccccc1OC(OCC)(OCC)C(O)(OCC)OCC. The van der Waals surface area contributed by atoms with Crippen LogP contribution >= 0.6 is 0 Å². The number of hydrogen-bond acceptors (Lipinski definition) is 6. The summed E-state index contributed by atoms with van der Waals surface area (Å²) in [7, 11) is 0. The number of para-hydroxylation sites is 1. The molecule has 0 heterocycles. The van der Waals surface area contributed by atoms with Crippen molar-refractivity contribution in [1.29, 1.82) is 0 Å². The maximum atomic E-state index is 11.2. The molecular weight excluding hydrogens is 384 g/mol. The molecule has 0 saturated heterocycles. The second-order valence-electron chi connectivity index (χ2n) is 7.10. The molecule has 6 nitrogen and oxygen atoms in total. The Labute approximate surface area is 182 Å². The molecule has 0 bridgehead atoms. The highest BCUT2D eigenvalue weighted by Crippen LogP contribution is 2.35. The Hall–Kier alpha value is -1.18. The molecule has 0 aliphatic heterocycles. The van der Waals surface area contributed by atoms with Gasteiger partial charge < -0.3 is 28.8 Å². The van der Waals surface area contributed by atoms with Crippen LogP contribution in [0.2, 0.25) is 0 Å². The second-order valence-corrected chi connectivity index (χ2v) is 7.10. The van der Waals surface area contributed by atoms with Crippen LogP contribution in [0.5, 0.6) is 5.75 Å². The fourth-order valence-electron chi connectivity index (χ4n) is 3.39. The molecule has 1 aromatic carbocycles. The van der Waals surface area contributed by atoms with Gasteiger partial charge in [-0.25, -0.2) is 0 Å².